The first kappa shape index (κ1) is 12.5. The summed E-state index contributed by atoms with van der Waals surface area (Å²) >= 11 is 0. The summed E-state index contributed by atoms with van der Waals surface area (Å²) in [6.07, 6.45) is 2.73. The molecule has 1 heterocycles. The van der Waals surface area contributed by atoms with E-state index in [0.717, 1.165) is 32.4 Å². The van der Waals surface area contributed by atoms with Gasteiger partial charge < -0.3 is 15.4 Å². The lowest BCUT2D eigenvalue weighted by Gasteiger charge is -2.23. The van der Waals surface area contributed by atoms with E-state index >= 15 is 0 Å². The lowest BCUT2D eigenvalue weighted by atomic mass is 10.2. The number of hydrogen-bond donors (Lipinski definition) is 1. The van der Waals surface area contributed by atoms with Crippen molar-refractivity contribution < 1.29 is 9.53 Å². The summed E-state index contributed by atoms with van der Waals surface area (Å²) in [6, 6.07) is 0. The van der Waals surface area contributed by atoms with Gasteiger partial charge in [0.25, 0.3) is 5.91 Å². The first-order chi connectivity index (χ1) is 7.19. The van der Waals surface area contributed by atoms with Crippen molar-refractivity contribution in [3.05, 3.63) is 0 Å². The monoisotopic (exact) mass is 214 g/mol. The number of ether oxygens (including phenoxy) is 1. The number of hydrogen-bond acceptors (Lipinski definition) is 3. The van der Waals surface area contributed by atoms with Crippen LogP contribution in [0.2, 0.25) is 0 Å². The van der Waals surface area contributed by atoms with E-state index in [1.54, 1.807) is 0 Å². The molecule has 1 rings (SSSR count). The largest absolute Gasteiger partial charge is 0.365 e. The molecule has 0 aromatic rings. The Morgan fingerprint density at radius 2 is 2.27 bits per heavy atom. The molecule has 0 aliphatic carbocycles. The highest BCUT2D eigenvalue weighted by Crippen LogP contribution is 2.20. The molecule has 88 valence electrons. The minimum atomic E-state index is -0.210. The highest BCUT2D eigenvalue weighted by atomic mass is 16.5. The highest BCUT2D eigenvalue weighted by Gasteiger charge is 2.30. The van der Waals surface area contributed by atoms with Crippen LogP contribution in [0.1, 0.15) is 33.1 Å². The average Bonchev–Trinajstić information content (AvgIpc) is 2.65. The van der Waals surface area contributed by atoms with Crippen LogP contribution < -0.4 is 5.73 Å². The minimum Gasteiger partial charge on any atom is -0.365 e. The summed E-state index contributed by atoms with van der Waals surface area (Å²) < 4.78 is 5.56. The third kappa shape index (κ3) is 3.47. The molecule has 1 aliphatic heterocycles. The number of nitrogens with zero attached hydrogens (tertiary/aromatic N) is 1. The second kappa shape index (κ2) is 6.08. The maximum atomic E-state index is 12.0. The van der Waals surface area contributed by atoms with Crippen molar-refractivity contribution in [3.8, 4) is 0 Å². The van der Waals surface area contributed by atoms with Gasteiger partial charge in [0.1, 0.15) is 6.10 Å². The van der Waals surface area contributed by atoms with Crippen LogP contribution in [0, 0.1) is 0 Å². The number of carbonyl (C=O) groups excluding carboxylic acids is 1. The molecule has 2 atom stereocenters. The molecule has 0 saturated carbocycles. The molecule has 2 N–H and O–H groups in total. The first-order valence-corrected chi connectivity index (χ1v) is 5.83. The van der Waals surface area contributed by atoms with E-state index in [0.29, 0.717) is 6.54 Å². The summed E-state index contributed by atoms with van der Waals surface area (Å²) in [5.74, 6) is 0.135. The van der Waals surface area contributed by atoms with E-state index < -0.39 is 0 Å². The SMILES string of the molecule is CCN(CCCN)C(=O)C1CCC(C)O1. The number of nitrogens with two attached hydrogens (primary N) is 1. The first-order valence-electron chi connectivity index (χ1n) is 5.83. The minimum absolute atomic E-state index is 0.135. The molecule has 0 aromatic carbocycles. The number of carbonyl (C=O) groups is 1. The quantitative estimate of drug-likeness (QED) is 0.735. The van der Waals surface area contributed by atoms with Crippen molar-refractivity contribution >= 4 is 5.91 Å². The zero-order chi connectivity index (χ0) is 11.3. The van der Waals surface area contributed by atoms with Gasteiger partial charge in [0.15, 0.2) is 0 Å². The molecule has 0 spiro atoms. The third-order valence-corrected chi connectivity index (χ3v) is 2.83. The van der Waals surface area contributed by atoms with E-state index in [2.05, 4.69) is 0 Å². The van der Waals surface area contributed by atoms with Crippen molar-refractivity contribution in [3.63, 3.8) is 0 Å². The van der Waals surface area contributed by atoms with E-state index in [1.165, 1.54) is 0 Å². The van der Waals surface area contributed by atoms with Gasteiger partial charge in [-0.15, -0.1) is 0 Å². The Morgan fingerprint density at radius 3 is 2.73 bits per heavy atom. The molecular weight excluding hydrogens is 192 g/mol. The standard InChI is InChI=1S/C11H22N2O2/c1-3-13(8-4-7-12)11(14)10-6-5-9(2)15-10/h9-10H,3-8,12H2,1-2H3. The number of amides is 1. The Balaban J connectivity index is 2.42. The van der Waals surface area contributed by atoms with Gasteiger partial charge in [0.2, 0.25) is 0 Å². The van der Waals surface area contributed by atoms with Crippen LogP contribution >= 0.6 is 0 Å². The lowest BCUT2D eigenvalue weighted by molar-refractivity contribution is -0.142. The maximum absolute atomic E-state index is 12.0. The van der Waals surface area contributed by atoms with Crippen LogP contribution in [0.5, 0.6) is 0 Å². The smallest absolute Gasteiger partial charge is 0.251 e. The van der Waals surface area contributed by atoms with Crippen LogP contribution in [0.4, 0.5) is 0 Å². The molecule has 2 unspecified atom stereocenters. The van der Waals surface area contributed by atoms with E-state index in [4.69, 9.17) is 10.5 Å². The Kier molecular flexibility index (Phi) is 5.05. The van der Waals surface area contributed by atoms with Crippen LogP contribution in [0.3, 0.4) is 0 Å². The fourth-order valence-corrected chi connectivity index (χ4v) is 1.89. The zero-order valence-electron chi connectivity index (χ0n) is 9.74. The van der Waals surface area contributed by atoms with Gasteiger partial charge in [-0.2, -0.15) is 0 Å². The molecule has 1 saturated heterocycles. The Labute approximate surface area is 91.8 Å². The van der Waals surface area contributed by atoms with Crippen LogP contribution in [0.15, 0.2) is 0 Å². The lowest BCUT2D eigenvalue weighted by Crippen LogP contribution is -2.40. The second-order valence-corrected chi connectivity index (χ2v) is 4.07. The molecule has 1 fully saturated rings. The van der Waals surface area contributed by atoms with Gasteiger partial charge in [-0.3, -0.25) is 4.79 Å². The predicted molar refractivity (Wildman–Crippen MR) is 59.5 cm³/mol. The molecule has 15 heavy (non-hydrogen) atoms. The maximum Gasteiger partial charge on any atom is 0.251 e. The molecule has 0 radical (unpaired) electrons. The highest BCUT2D eigenvalue weighted by molar-refractivity contribution is 5.81. The van der Waals surface area contributed by atoms with Gasteiger partial charge in [0.05, 0.1) is 6.10 Å². The zero-order valence-corrected chi connectivity index (χ0v) is 9.74. The summed E-state index contributed by atoms with van der Waals surface area (Å²) in [5, 5.41) is 0. The van der Waals surface area contributed by atoms with Crippen LogP contribution in [-0.2, 0) is 9.53 Å². The van der Waals surface area contributed by atoms with Gasteiger partial charge in [0, 0.05) is 13.1 Å². The molecule has 1 amide bonds. The van der Waals surface area contributed by atoms with Crippen LogP contribution in [-0.4, -0.2) is 42.6 Å². The van der Waals surface area contributed by atoms with Gasteiger partial charge in [-0.05, 0) is 39.7 Å². The fourth-order valence-electron chi connectivity index (χ4n) is 1.89. The van der Waals surface area contributed by atoms with Crippen LogP contribution in [0.25, 0.3) is 0 Å². The molecule has 0 aromatic heterocycles. The number of rotatable bonds is 5. The average molecular weight is 214 g/mol. The van der Waals surface area contributed by atoms with Crippen molar-refractivity contribution in [2.24, 2.45) is 5.73 Å². The van der Waals surface area contributed by atoms with Crippen molar-refractivity contribution in [1.29, 1.82) is 0 Å². The van der Waals surface area contributed by atoms with Gasteiger partial charge >= 0.3 is 0 Å². The molecule has 1 aliphatic rings. The normalized spacial score (nSPS) is 25.5. The van der Waals surface area contributed by atoms with Crippen molar-refractivity contribution in [2.45, 2.75) is 45.3 Å². The Hall–Kier alpha value is -0.610. The fraction of sp³-hybridized carbons (Fsp3) is 0.909. The summed E-state index contributed by atoms with van der Waals surface area (Å²) in [6.45, 7) is 6.13. The Bertz CT molecular complexity index is 209. The van der Waals surface area contributed by atoms with E-state index in [-0.39, 0.29) is 18.1 Å². The summed E-state index contributed by atoms with van der Waals surface area (Å²) in [7, 11) is 0. The third-order valence-electron chi connectivity index (χ3n) is 2.83. The topological polar surface area (TPSA) is 55.6 Å². The number of likely N-dealkylation sites (N-methyl/N-ethyl adjacent to an activating group) is 1. The van der Waals surface area contributed by atoms with E-state index in [1.807, 2.05) is 18.7 Å². The Morgan fingerprint density at radius 1 is 1.53 bits per heavy atom. The van der Waals surface area contributed by atoms with E-state index in [9.17, 15) is 4.79 Å². The molecule has 4 heteroatoms. The molecular formula is C11H22N2O2. The van der Waals surface area contributed by atoms with Gasteiger partial charge in [-0.1, -0.05) is 0 Å². The molecule has 0 bridgehead atoms. The predicted octanol–water partition coefficient (Wildman–Crippen LogP) is 0.751. The van der Waals surface area contributed by atoms with Crippen molar-refractivity contribution in [1.82, 2.24) is 4.90 Å². The van der Waals surface area contributed by atoms with Gasteiger partial charge in [-0.25, -0.2) is 0 Å². The molecule has 4 nitrogen and oxygen atoms in total. The summed E-state index contributed by atoms with van der Waals surface area (Å²) in [4.78, 5) is 13.8. The summed E-state index contributed by atoms with van der Waals surface area (Å²) in [5.41, 5.74) is 5.44. The van der Waals surface area contributed by atoms with Crippen molar-refractivity contribution in [2.75, 3.05) is 19.6 Å². The second-order valence-electron chi connectivity index (χ2n) is 4.07.